The van der Waals surface area contributed by atoms with Gasteiger partial charge in [-0.3, -0.25) is 14.6 Å². The second-order valence-corrected chi connectivity index (χ2v) is 5.26. The molecule has 0 radical (unpaired) electrons. The minimum Gasteiger partial charge on any atom is -0.335 e. The topological polar surface area (TPSA) is 74.1 Å². The third-order valence-electron chi connectivity index (χ3n) is 3.70. The van der Waals surface area contributed by atoms with Crippen LogP contribution in [0, 0.1) is 11.3 Å². The summed E-state index contributed by atoms with van der Waals surface area (Å²) in [5.74, 6) is -1.14. The second-order valence-electron chi connectivity index (χ2n) is 5.26. The van der Waals surface area contributed by atoms with E-state index in [4.69, 9.17) is 0 Å². The zero-order valence-corrected chi connectivity index (χ0v) is 12.0. The van der Waals surface area contributed by atoms with Crippen LogP contribution in [0.1, 0.15) is 43.7 Å². The number of nitriles is 1. The zero-order valence-electron chi connectivity index (χ0n) is 12.0. The minimum absolute atomic E-state index is 0.00757. The van der Waals surface area contributed by atoms with Crippen molar-refractivity contribution in [3.05, 3.63) is 30.1 Å². The Morgan fingerprint density at radius 2 is 2.14 bits per heavy atom. The molecule has 1 aliphatic rings. The highest BCUT2D eigenvalue weighted by molar-refractivity contribution is 5.92. The lowest BCUT2D eigenvalue weighted by atomic mass is 10.00. The van der Waals surface area contributed by atoms with Crippen molar-refractivity contribution in [2.45, 2.75) is 38.0 Å². The number of Topliss-reactive ketones (excluding diaryl/α,β-unsaturated/α-hetero) is 1. The van der Waals surface area contributed by atoms with Gasteiger partial charge in [-0.1, -0.05) is 18.9 Å². The highest BCUT2D eigenvalue weighted by atomic mass is 16.2. The van der Waals surface area contributed by atoms with Gasteiger partial charge in [-0.15, -0.1) is 0 Å². The van der Waals surface area contributed by atoms with Gasteiger partial charge in [0.25, 0.3) is 0 Å². The summed E-state index contributed by atoms with van der Waals surface area (Å²) in [6.07, 6.45) is 6.01. The van der Waals surface area contributed by atoms with E-state index >= 15 is 0 Å². The highest BCUT2D eigenvalue weighted by Crippen LogP contribution is 2.16. The molecule has 2 heterocycles. The molecule has 1 saturated heterocycles. The van der Waals surface area contributed by atoms with Crippen molar-refractivity contribution < 1.29 is 9.59 Å². The van der Waals surface area contributed by atoms with Gasteiger partial charge >= 0.3 is 0 Å². The molecule has 0 unspecified atom stereocenters. The van der Waals surface area contributed by atoms with Crippen LogP contribution in [0.5, 0.6) is 0 Å². The van der Waals surface area contributed by atoms with Crippen molar-refractivity contribution in [1.29, 1.82) is 5.26 Å². The number of hydrogen-bond acceptors (Lipinski definition) is 4. The number of nitrogens with zero attached hydrogens (tertiary/aromatic N) is 3. The molecule has 0 spiro atoms. The van der Waals surface area contributed by atoms with Crippen molar-refractivity contribution in [3.63, 3.8) is 0 Å². The first-order valence-corrected chi connectivity index (χ1v) is 7.33. The standard InChI is InChI=1S/C16H19N3O2/c17-11-13(14-7-4-5-9-18-14)15(20)12-19-10-6-2-1-3-8-16(19)21/h4-5,7,9,13H,1-3,6,8,10,12H2/t13-/m0/s1. The lowest BCUT2D eigenvalue weighted by Gasteiger charge is -2.24. The molecule has 0 bridgehead atoms. The van der Waals surface area contributed by atoms with E-state index in [0.29, 0.717) is 18.7 Å². The molecule has 2 rings (SSSR count). The van der Waals surface area contributed by atoms with Crippen molar-refractivity contribution in [1.82, 2.24) is 9.88 Å². The summed E-state index contributed by atoms with van der Waals surface area (Å²) in [5, 5.41) is 9.23. The van der Waals surface area contributed by atoms with Crippen molar-refractivity contribution in [2.75, 3.05) is 13.1 Å². The largest absolute Gasteiger partial charge is 0.335 e. The van der Waals surface area contributed by atoms with Gasteiger partial charge in [-0.05, 0) is 25.0 Å². The Hall–Kier alpha value is -2.22. The maximum Gasteiger partial charge on any atom is 0.222 e. The number of likely N-dealkylation sites (tertiary alicyclic amines) is 1. The second kappa shape index (κ2) is 7.53. The van der Waals surface area contributed by atoms with Gasteiger partial charge in [0.15, 0.2) is 5.78 Å². The van der Waals surface area contributed by atoms with E-state index in [1.807, 2.05) is 6.07 Å². The number of hydrogen-bond donors (Lipinski definition) is 0. The fourth-order valence-corrected chi connectivity index (χ4v) is 2.51. The molecule has 0 aromatic carbocycles. The normalized spacial score (nSPS) is 17.5. The van der Waals surface area contributed by atoms with Crippen LogP contribution in [-0.2, 0) is 9.59 Å². The Balaban J connectivity index is 2.04. The number of carbonyl (C=O) groups excluding carboxylic acids is 2. The average Bonchev–Trinajstić information content (AvgIpc) is 2.49. The van der Waals surface area contributed by atoms with E-state index in [1.165, 1.54) is 0 Å². The van der Waals surface area contributed by atoms with Gasteiger partial charge in [-0.25, -0.2) is 0 Å². The summed E-state index contributed by atoms with van der Waals surface area (Å²) in [7, 11) is 0. The molecular formula is C16H19N3O2. The lowest BCUT2D eigenvalue weighted by Crippen LogP contribution is -2.38. The molecule has 1 aliphatic heterocycles. The maximum atomic E-state index is 12.3. The molecule has 1 amide bonds. The Morgan fingerprint density at radius 1 is 1.33 bits per heavy atom. The first-order valence-electron chi connectivity index (χ1n) is 7.33. The van der Waals surface area contributed by atoms with E-state index in [-0.39, 0.29) is 18.2 Å². The van der Waals surface area contributed by atoms with Crippen LogP contribution >= 0.6 is 0 Å². The number of amides is 1. The zero-order chi connectivity index (χ0) is 15.1. The minimum atomic E-state index is -0.899. The van der Waals surface area contributed by atoms with Crippen LogP contribution in [0.4, 0.5) is 0 Å². The summed E-state index contributed by atoms with van der Waals surface area (Å²) >= 11 is 0. The summed E-state index contributed by atoms with van der Waals surface area (Å²) in [6.45, 7) is 0.610. The number of pyridine rings is 1. The van der Waals surface area contributed by atoms with Gasteiger partial charge < -0.3 is 4.90 Å². The van der Waals surface area contributed by atoms with Gasteiger partial charge in [0.2, 0.25) is 5.91 Å². The Bertz CT molecular complexity index is 536. The van der Waals surface area contributed by atoms with E-state index in [9.17, 15) is 14.9 Å². The Kier molecular flexibility index (Phi) is 5.44. The van der Waals surface area contributed by atoms with Gasteiger partial charge in [0.1, 0.15) is 5.92 Å². The third-order valence-corrected chi connectivity index (χ3v) is 3.70. The fraction of sp³-hybridized carbons (Fsp3) is 0.500. The number of rotatable bonds is 4. The number of ketones is 1. The Labute approximate surface area is 124 Å². The Morgan fingerprint density at radius 3 is 2.86 bits per heavy atom. The summed E-state index contributed by atoms with van der Waals surface area (Å²) in [5.41, 5.74) is 0.449. The van der Waals surface area contributed by atoms with Gasteiger partial charge in [0, 0.05) is 19.2 Å². The monoisotopic (exact) mass is 285 g/mol. The molecule has 0 N–H and O–H groups in total. The first kappa shape index (κ1) is 15.2. The third kappa shape index (κ3) is 4.12. The maximum absolute atomic E-state index is 12.3. The summed E-state index contributed by atoms with van der Waals surface area (Å²) < 4.78 is 0. The SMILES string of the molecule is N#C[C@H](C(=O)CN1CCCCCCC1=O)c1ccccn1. The van der Waals surface area contributed by atoms with Crippen LogP contribution in [0.3, 0.4) is 0 Å². The predicted octanol–water partition coefficient (Wildman–Crippen LogP) is 2.05. The first-order chi connectivity index (χ1) is 10.2. The van der Waals surface area contributed by atoms with Crippen LogP contribution < -0.4 is 0 Å². The molecule has 110 valence electrons. The molecular weight excluding hydrogens is 266 g/mol. The van der Waals surface area contributed by atoms with Crippen LogP contribution in [0.25, 0.3) is 0 Å². The van der Waals surface area contributed by atoms with Gasteiger partial charge in [0.05, 0.1) is 18.3 Å². The molecule has 1 aromatic heterocycles. The van der Waals surface area contributed by atoms with E-state index < -0.39 is 5.92 Å². The van der Waals surface area contributed by atoms with E-state index in [1.54, 1.807) is 29.3 Å². The molecule has 5 nitrogen and oxygen atoms in total. The van der Waals surface area contributed by atoms with Crippen molar-refractivity contribution in [3.8, 4) is 6.07 Å². The summed E-state index contributed by atoms with van der Waals surface area (Å²) in [6, 6.07) is 7.16. The molecule has 1 aromatic rings. The molecule has 0 aliphatic carbocycles. The fourth-order valence-electron chi connectivity index (χ4n) is 2.51. The van der Waals surface area contributed by atoms with E-state index in [2.05, 4.69) is 4.98 Å². The molecule has 5 heteroatoms. The molecule has 0 saturated carbocycles. The van der Waals surface area contributed by atoms with Crippen molar-refractivity contribution in [2.24, 2.45) is 0 Å². The predicted molar refractivity (Wildman–Crippen MR) is 77.3 cm³/mol. The highest BCUT2D eigenvalue weighted by Gasteiger charge is 2.25. The number of carbonyl (C=O) groups is 2. The van der Waals surface area contributed by atoms with E-state index in [0.717, 1.165) is 25.7 Å². The smallest absolute Gasteiger partial charge is 0.222 e. The molecule has 21 heavy (non-hydrogen) atoms. The lowest BCUT2D eigenvalue weighted by molar-refractivity contribution is -0.136. The van der Waals surface area contributed by atoms with Crippen LogP contribution in [-0.4, -0.2) is 34.7 Å². The van der Waals surface area contributed by atoms with Crippen molar-refractivity contribution >= 4 is 11.7 Å². The van der Waals surface area contributed by atoms with Crippen LogP contribution in [0.2, 0.25) is 0 Å². The molecule has 1 atom stereocenters. The summed E-state index contributed by atoms with van der Waals surface area (Å²) in [4.78, 5) is 30.0. The quantitative estimate of drug-likeness (QED) is 0.848. The number of aromatic nitrogens is 1. The van der Waals surface area contributed by atoms with Crippen LogP contribution in [0.15, 0.2) is 24.4 Å². The van der Waals surface area contributed by atoms with Gasteiger partial charge in [-0.2, -0.15) is 5.26 Å². The average molecular weight is 285 g/mol. The molecule has 1 fully saturated rings.